The minimum Gasteiger partial charge on any atom is -0.494 e. The van der Waals surface area contributed by atoms with Crippen LogP contribution in [0.1, 0.15) is 57.9 Å². The molecule has 2 rings (SSSR count). The zero-order chi connectivity index (χ0) is 15.6. The van der Waals surface area contributed by atoms with Crippen molar-refractivity contribution < 1.29 is 4.74 Å². The van der Waals surface area contributed by atoms with Crippen LogP contribution in [0.15, 0.2) is 36.4 Å². The first-order chi connectivity index (χ1) is 10.8. The summed E-state index contributed by atoms with van der Waals surface area (Å²) in [6.07, 6.45) is 12.2. The zero-order valence-corrected chi connectivity index (χ0v) is 14.0. The second kappa shape index (κ2) is 9.36. The minimum absolute atomic E-state index is 0.738. The van der Waals surface area contributed by atoms with Crippen molar-refractivity contribution in [1.82, 2.24) is 0 Å². The Bertz CT molecular complexity index is 507. The molecule has 1 aromatic carbocycles. The fraction of sp³-hybridized carbons (Fsp3) is 0.524. The molecule has 0 spiro atoms. The van der Waals surface area contributed by atoms with Crippen molar-refractivity contribution in [2.45, 2.75) is 52.4 Å². The van der Waals surface area contributed by atoms with E-state index in [4.69, 9.17) is 4.74 Å². The second-order valence-electron chi connectivity index (χ2n) is 6.19. The Labute approximate surface area is 135 Å². The SMILES string of the molecule is CCCOc1ccc(C#CC=CC2CCC(CC)CC2)cc1. The summed E-state index contributed by atoms with van der Waals surface area (Å²) in [5, 5.41) is 0. The van der Waals surface area contributed by atoms with Crippen molar-refractivity contribution in [2.75, 3.05) is 6.61 Å². The molecule has 1 heteroatoms. The van der Waals surface area contributed by atoms with E-state index >= 15 is 0 Å². The van der Waals surface area contributed by atoms with E-state index in [0.29, 0.717) is 0 Å². The van der Waals surface area contributed by atoms with E-state index in [1.807, 2.05) is 30.3 Å². The summed E-state index contributed by atoms with van der Waals surface area (Å²) in [6.45, 7) is 5.19. The predicted octanol–water partition coefficient (Wildman–Crippen LogP) is 5.60. The van der Waals surface area contributed by atoms with E-state index in [-0.39, 0.29) is 0 Å². The molecular formula is C21H28O. The van der Waals surface area contributed by atoms with Gasteiger partial charge in [-0.15, -0.1) is 0 Å². The first-order valence-corrected chi connectivity index (χ1v) is 8.72. The highest BCUT2D eigenvalue weighted by atomic mass is 16.5. The topological polar surface area (TPSA) is 9.23 Å². The predicted molar refractivity (Wildman–Crippen MR) is 94.0 cm³/mol. The lowest BCUT2D eigenvalue weighted by molar-refractivity contribution is 0.304. The van der Waals surface area contributed by atoms with E-state index in [0.717, 1.165) is 36.2 Å². The highest BCUT2D eigenvalue weighted by Gasteiger charge is 2.17. The third kappa shape index (κ3) is 5.60. The van der Waals surface area contributed by atoms with Crippen molar-refractivity contribution >= 4 is 0 Å². The number of hydrogen-bond acceptors (Lipinski definition) is 1. The maximum Gasteiger partial charge on any atom is 0.119 e. The monoisotopic (exact) mass is 296 g/mol. The lowest BCUT2D eigenvalue weighted by Crippen LogP contribution is -2.11. The van der Waals surface area contributed by atoms with E-state index in [9.17, 15) is 0 Å². The molecule has 0 aliphatic heterocycles. The fourth-order valence-electron chi connectivity index (χ4n) is 2.95. The van der Waals surface area contributed by atoms with Crippen LogP contribution in [0.25, 0.3) is 0 Å². The molecular weight excluding hydrogens is 268 g/mol. The molecule has 0 atom stereocenters. The Balaban J connectivity index is 1.79. The zero-order valence-electron chi connectivity index (χ0n) is 14.0. The van der Waals surface area contributed by atoms with Crippen molar-refractivity contribution in [3.05, 3.63) is 42.0 Å². The Hall–Kier alpha value is -1.68. The van der Waals surface area contributed by atoms with Gasteiger partial charge in [0.2, 0.25) is 0 Å². The Morgan fingerprint density at radius 1 is 1.09 bits per heavy atom. The molecule has 0 aromatic heterocycles. The van der Waals surface area contributed by atoms with Crippen LogP contribution in [-0.2, 0) is 0 Å². The van der Waals surface area contributed by atoms with Gasteiger partial charge in [-0.2, -0.15) is 0 Å². The highest BCUT2D eigenvalue weighted by Crippen LogP contribution is 2.31. The average Bonchev–Trinajstić information content (AvgIpc) is 2.58. The van der Waals surface area contributed by atoms with Crippen LogP contribution in [-0.4, -0.2) is 6.61 Å². The van der Waals surface area contributed by atoms with Crippen LogP contribution < -0.4 is 4.74 Å². The van der Waals surface area contributed by atoms with Crippen LogP contribution >= 0.6 is 0 Å². The molecule has 1 aliphatic rings. The van der Waals surface area contributed by atoms with Gasteiger partial charge in [0.05, 0.1) is 6.61 Å². The summed E-state index contributed by atoms with van der Waals surface area (Å²) in [5.41, 5.74) is 1.04. The van der Waals surface area contributed by atoms with Gasteiger partial charge in [0.1, 0.15) is 5.75 Å². The van der Waals surface area contributed by atoms with E-state index in [1.54, 1.807) is 0 Å². The Morgan fingerprint density at radius 3 is 2.45 bits per heavy atom. The van der Waals surface area contributed by atoms with Gasteiger partial charge >= 0.3 is 0 Å². The molecule has 22 heavy (non-hydrogen) atoms. The quantitative estimate of drug-likeness (QED) is 0.643. The van der Waals surface area contributed by atoms with Crippen molar-refractivity contribution in [3.63, 3.8) is 0 Å². The van der Waals surface area contributed by atoms with Crippen molar-refractivity contribution in [2.24, 2.45) is 11.8 Å². The van der Waals surface area contributed by atoms with Gasteiger partial charge in [-0.25, -0.2) is 0 Å². The lowest BCUT2D eigenvalue weighted by Gasteiger charge is -2.25. The molecule has 1 nitrogen and oxygen atoms in total. The fourth-order valence-corrected chi connectivity index (χ4v) is 2.95. The van der Waals surface area contributed by atoms with Gasteiger partial charge in [-0.3, -0.25) is 0 Å². The third-order valence-corrected chi connectivity index (χ3v) is 4.46. The summed E-state index contributed by atoms with van der Waals surface area (Å²) >= 11 is 0. The number of benzene rings is 1. The third-order valence-electron chi connectivity index (χ3n) is 4.46. The first-order valence-electron chi connectivity index (χ1n) is 8.72. The highest BCUT2D eigenvalue weighted by molar-refractivity contribution is 5.40. The molecule has 0 radical (unpaired) electrons. The summed E-state index contributed by atoms with van der Waals surface area (Å²) < 4.78 is 5.57. The maximum absolute atomic E-state index is 5.57. The molecule has 1 aromatic rings. The molecule has 0 N–H and O–H groups in total. The van der Waals surface area contributed by atoms with Crippen molar-refractivity contribution in [1.29, 1.82) is 0 Å². The summed E-state index contributed by atoms with van der Waals surface area (Å²) in [7, 11) is 0. The maximum atomic E-state index is 5.57. The summed E-state index contributed by atoms with van der Waals surface area (Å²) in [5.74, 6) is 8.99. The van der Waals surface area contributed by atoms with Gasteiger partial charge in [0, 0.05) is 5.56 Å². The Morgan fingerprint density at radius 2 is 1.82 bits per heavy atom. The molecule has 1 fully saturated rings. The lowest BCUT2D eigenvalue weighted by atomic mass is 9.81. The van der Waals surface area contributed by atoms with E-state index in [2.05, 4.69) is 31.8 Å². The Kier molecular flexibility index (Phi) is 7.10. The van der Waals surface area contributed by atoms with E-state index in [1.165, 1.54) is 32.1 Å². The summed E-state index contributed by atoms with van der Waals surface area (Å²) in [6, 6.07) is 8.04. The van der Waals surface area contributed by atoms with Gasteiger partial charge in [-0.05, 0) is 74.3 Å². The van der Waals surface area contributed by atoms with Gasteiger partial charge < -0.3 is 4.74 Å². The molecule has 0 unspecified atom stereocenters. The molecule has 118 valence electrons. The van der Waals surface area contributed by atoms with Gasteiger partial charge in [0.25, 0.3) is 0 Å². The number of hydrogen-bond donors (Lipinski definition) is 0. The van der Waals surface area contributed by atoms with Crippen molar-refractivity contribution in [3.8, 4) is 17.6 Å². The molecule has 0 saturated heterocycles. The van der Waals surface area contributed by atoms with Crippen LogP contribution in [0.3, 0.4) is 0 Å². The van der Waals surface area contributed by atoms with Gasteiger partial charge in [-0.1, -0.05) is 38.2 Å². The van der Waals surface area contributed by atoms with Crippen LogP contribution in [0.2, 0.25) is 0 Å². The number of ether oxygens (including phenoxy) is 1. The standard InChI is InChI=1S/C21H28O/c1-3-17-22-21-15-13-20(14-16-21)8-6-5-7-19-11-9-18(4-2)10-12-19/h5,7,13-16,18-19H,3-4,9-12,17H2,1-2H3. The number of allylic oxidation sites excluding steroid dienone is 2. The molecule has 1 aliphatic carbocycles. The number of rotatable bonds is 5. The van der Waals surface area contributed by atoms with Crippen LogP contribution in [0.5, 0.6) is 5.75 Å². The van der Waals surface area contributed by atoms with Gasteiger partial charge in [0.15, 0.2) is 0 Å². The van der Waals surface area contributed by atoms with Crippen LogP contribution in [0.4, 0.5) is 0 Å². The molecule has 0 amide bonds. The smallest absolute Gasteiger partial charge is 0.119 e. The molecule has 0 bridgehead atoms. The normalized spacial score (nSPS) is 21.4. The average molecular weight is 296 g/mol. The van der Waals surface area contributed by atoms with Crippen LogP contribution in [0, 0.1) is 23.7 Å². The first kappa shape index (κ1) is 16.7. The largest absolute Gasteiger partial charge is 0.494 e. The van der Waals surface area contributed by atoms with E-state index < -0.39 is 0 Å². The molecule has 1 saturated carbocycles. The second-order valence-corrected chi connectivity index (χ2v) is 6.19. The minimum atomic E-state index is 0.738. The molecule has 0 heterocycles. The summed E-state index contributed by atoms with van der Waals surface area (Å²) in [4.78, 5) is 0.